The van der Waals surface area contributed by atoms with Crippen LogP contribution >= 0.6 is 0 Å². The van der Waals surface area contributed by atoms with E-state index in [-0.39, 0.29) is 36.4 Å². The van der Waals surface area contributed by atoms with Gasteiger partial charge >= 0.3 is 5.97 Å². The number of rotatable bonds is 12. The molecule has 132 valence electrons. The van der Waals surface area contributed by atoms with Crippen LogP contribution in [0, 0.1) is 5.92 Å². The molecule has 0 heterocycles. The van der Waals surface area contributed by atoms with E-state index in [4.69, 9.17) is 10.5 Å². The van der Waals surface area contributed by atoms with Crippen molar-refractivity contribution in [2.75, 3.05) is 6.54 Å². The molecule has 0 aliphatic heterocycles. The monoisotopic (exact) mass is 333 g/mol. The van der Waals surface area contributed by atoms with Gasteiger partial charge in [0.05, 0.1) is 6.54 Å². The lowest BCUT2D eigenvalue weighted by atomic mass is 9.92. The summed E-state index contributed by atoms with van der Waals surface area (Å²) >= 11 is 0. The minimum atomic E-state index is -0.244. The fraction of sp³-hybridized carbons (Fsp3) is 0.526. The van der Waals surface area contributed by atoms with E-state index in [0.717, 1.165) is 24.8 Å². The first-order chi connectivity index (χ1) is 11.5. The summed E-state index contributed by atoms with van der Waals surface area (Å²) in [6, 6.07) is 9.56. The van der Waals surface area contributed by atoms with Crippen LogP contribution in [0.4, 0.5) is 0 Å². The lowest BCUT2D eigenvalue weighted by Gasteiger charge is -2.12. The molecule has 1 aromatic carbocycles. The van der Waals surface area contributed by atoms with Crippen LogP contribution in [0.5, 0.6) is 0 Å². The molecule has 24 heavy (non-hydrogen) atoms. The maximum Gasteiger partial charge on any atom is 0.306 e. The van der Waals surface area contributed by atoms with Gasteiger partial charge in [-0.1, -0.05) is 43.2 Å². The van der Waals surface area contributed by atoms with Crippen molar-refractivity contribution in [3.63, 3.8) is 0 Å². The summed E-state index contributed by atoms with van der Waals surface area (Å²) in [6.45, 7) is 1.79. The Hall–Kier alpha value is -2.01. The highest BCUT2D eigenvalue weighted by Gasteiger charge is 2.17. The number of esters is 1. The summed E-state index contributed by atoms with van der Waals surface area (Å²) in [7, 11) is 0. The number of nitrogens with two attached hydrogens (primary N) is 1. The van der Waals surface area contributed by atoms with Crippen LogP contribution < -0.4 is 5.73 Å². The smallest absolute Gasteiger partial charge is 0.306 e. The van der Waals surface area contributed by atoms with Gasteiger partial charge in [0, 0.05) is 18.8 Å². The predicted molar refractivity (Wildman–Crippen MR) is 92.2 cm³/mol. The third kappa shape index (κ3) is 8.58. The first-order valence-electron chi connectivity index (χ1n) is 8.44. The molecule has 0 radical (unpaired) electrons. The topological polar surface area (TPSA) is 86.5 Å². The number of carbonyl (C=O) groups excluding carboxylic acids is 3. The molecule has 0 unspecified atom stereocenters. The molecule has 0 aromatic heterocycles. The van der Waals surface area contributed by atoms with Crippen molar-refractivity contribution >= 4 is 17.5 Å². The molecule has 2 N–H and O–H groups in total. The van der Waals surface area contributed by atoms with Crippen molar-refractivity contribution in [1.29, 1.82) is 0 Å². The number of unbranched alkanes of at least 4 members (excludes halogenated alkanes) is 2. The van der Waals surface area contributed by atoms with Crippen molar-refractivity contribution in [2.45, 2.75) is 52.1 Å². The molecule has 0 fully saturated rings. The molecule has 0 bridgehead atoms. The van der Waals surface area contributed by atoms with Gasteiger partial charge in [-0.15, -0.1) is 0 Å². The molecular weight excluding hydrogens is 306 g/mol. The Balaban J connectivity index is 2.14. The van der Waals surface area contributed by atoms with Crippen LogP contribution in [0.15, 0.2) is 30.3 Å². The highest BCUT2D eigenvalue weighted by molar-refractivity contribution is 5.87. The molecule has 0 aliphatic carbocycles. The SMILES string of the molecule is CC(=O)[C@H](CCCCCC(=O)OCc1ccccc1)CC(=O)CN. The number of ketones is 2. The molecular formula is C19H27NO4. The molecule has 5 nitrogen and oxygen atoms in total. The zero-order chi connectivity index (χ0) is 17.8. The normalized spacial score (nSPS) is 11.8. The molecule has 0 amide bonds. The summed E-state index contributed by atoms with van der Waals surface area (Å²) in [5.74, 6) is -0.509. The lowest BCUT2D eigenvalue weighted by Crippen LogP contribution is -2.21. The second kappa shape index (κ2) is 11.5. The number of carbonyl (C=O) groups is 3. The zero-order valence-electron chi connectivity index (χ0n) is 14.3. The van der Waals surface area contributed by atoms with E-state index in [1.54, 1.807) is 0 Å². The van der Waals surface area contributed by atoms with Gasteiger partial charge in [0.15, 0.2) is 0 Å². The lowest BCUT2D eigenvalue weighted by molar-refractivity contribution is -0.145. The third-order valence-corrected chi connectivity index (χ3v) is 3.95. The number of hydrogen-bond acceptors (Lipinski definition) is 5. The van der Waals surface area contributed by atoms with Crippen LogP contribution in [-0.4, -0.2) is 24.1 Å². The van der Waals surface area contributed by atoms with E-state index >= 15 is 0 Å². The van der Waals surface area contributed by atoms with Crippen molar-refractivity contribution in [1.82, 2.24) is 0 Å². The van der Waals surface area contributed by atoms with E-state index < -0.39 is 0 Å². The van der Waals surface area contributed by atoms with Gasteiger partial charge < -0.3 is 10.5 Å². The third-order valence-electron chi connectivity index (χ3n) is 3.95. The molecule has 1 atom stereocenters. The van der Waals surface area contributed by atoms with Crippen molar-refractivity contribution in [2.24, 2.45) is 11.7 Å². The van der Waals surface area contributed by atoms with E-state index in [2.05, 4.69) is 0 Å². The maximum atomic E-state index is 11.7. The number of Topliss-reactive ketones (excluding diaryl/α,β-unsaturated/α-hetero) is 2. The van der Waals surface area contributed by atoms with Crippen LogP contribution in [0.1, 0.15) is 51.0 Å². The second-order valence-electron chi connectivity index (χ2n) is 6.00. The highest BCUT2D eigenvalue weighted by Crippen LogP contribution is 2.16. The molecule has 1 rings (SSSR count). The van der Waals surface area contributed by atoms with Gasteiger partial charge in [-0.05, 0) is 25.3 Å². The van der Waals surface area contributed by atoms with Gasteiger partial charge in [0.25, 0.3) is 0 Å². The van der Waals surface area contributed by atoms with Gasteiger partial charge in [0.2, 0.25) is 0 Å². The summed E-state index contributed by atoms with van der Waals surface area (Å²) in [6.07, 6.45) is 3.64. The zero-order valence-corrected chi connectivity index (χ0v) is 14.3. The number of ether oxygens (including phenoxy) is 1. The Labute approximate surface area is 143 Å². The average Bonchev–Trinajstić information content (AvgIpc) is 2.59. The van der Waals surface area contributed by atoms with Gasteiger partial charge in [-0.25, -0.2) is 0 Å². The Kier molecular flexibility index (Phi) is 9.61. The van der Waals surface area contributed by atoms with Gasteiger partial charge in [0.1, 0.15) is 18.2 Å². The summed E-state index contributed by atoms with van der Waals surface area (Å²) in [5.41, 5.74) is 6.26. The van der Waals surface area contributed by atoms with Crippen LogP contribution in [-0.2, 0) is 25.7 Å². The minimum absolute atomic E-state index is 0.0168. The molecule has 0 saturated heterocycles. The largest absolute Gasteiger partial charge is 0.461 e. The Bertz CT molecular complexity index is 527. The van der Waals surface area contributed by atoms with Gasteiger partial charge in [-0.2, -0.15) is 0 Å². The predicted octanol–water partition coefficient (Wildman–Crippen LogP) is 2.80. The Morgan fingerprint density at radius 1 is 1.08 bits per heavy atom. The quantitative estimate of drug-likeness (QED) is 0.469. The molecule has 1 aromatic rings. The second-order valence-corrected chi connectivity index (χ2v) is 6.00. The summed E-state index contributed by atoms with van der Waals surface area (Å²) in [4.78, 5) is 34.5. The summed E-state index contributed by atoms with van der Waals surface area (Å²) in [5, 5.41) is 0. The van der Waals surface area contributed by atoms with Crippen LogP contribution in [0.3, 0.4) is 0 Å². The van der Waals surface area contributed by atoms with Crippen LogP contribution in [0.2, 0.25) is 0 Å². The Morgan fingerprint density at radius 2 is 1.79 bits per heavy atom. The molecule has 0 saturated carbocycles. The fourth-order valence-corrected chi connectivity index (χ4v) is 2.45. The Morgan fingerprint density at radius 3 is 2.42 bits per heavy atom. The first kappa shape index (κ1) is 20.0. The molecule has 5 heteroatoms. The summed E-state index contributed by atoms with van der Waals surface area (Å²) < 4.78 is 5.21. The first-order valence-corrected chi connectivity index (χ1v) is 8.44. The highest BCUT2D eigenvalue weighted by atomic mass is 16.5. The van der Waals surface area contributed by atoms with Crippen molar-refractivity contribution < 1.29 is 19.1 Å². The van der Waals surface area contributed by atoms with Crippen molar-refractivity contribution in [3.05, 3.63) is 35.9 Å². The number of hydrogen-bond donors (Lipinski definition) is 1. The average molecular weight is 333 g/mol. The fourth-order valence-electron chi connectivity index (χ4n) is 2.45. The standard InChI is InChI=1S/C19H27NO4/c1-15(21)17(12-18(22)13-20)10-6-3-7-11-19(23)24-14-16-8-4-2-5-9-16/h2,4-5,8-9,17H,3,6-7,10-14,20H2,1H3/t17-/m1/s1. The number of benzene rings is 1. The van der Waals surface area contributed by atoms with E-state index in [1.807, 2.05) is 30.3 Å². The minimum Gasteiger partial charge on any atom is -0.461 e. The van der Waals surface area contributed by atoms with E-state index in [0.29, 0.717) is 19.4 Å². The van der Waals surface area contributed by atoms with Crippen LogP contribution in [0.25, 0.3) is 0 Å². The van der Waals surface area contributed by atoms with Gasteiger partial charge in [-0.3, -0.25) is 14.4 Å². The van der Waals surface area contributed by atoms with Crippen molar-refractivity contribution in [3.8, 4) is 0 Å². The molecule has 0 spiro atoms. The maximum absolute atomic E-state index is 11.7. The van der Waals surface area contributed by atoms with E-state index in [1.165, 1.54) is 6.92 Å². The molecule has 0 aliphatic rings. The van der Waals surface area contributed by atoms with E-state index in [9.17, 15) is 14.4 Å².